The van der Waals surface area contributed by atoms with Crippen LogP contribution in [-0.4, -0.2) is 50.0 Å². The molecule has 2 aromatic rings. The van der Waals surface area contributed by atoms with Crippen LogP contribution in [0.5, 0.6) is 11.5 Å². The minimum Gasteiger partial charge on any atom is -0.493 e. The predicted molar refractivity (Wildman–Crippen MR) is 104 cm³/mol. The lowest BCUT2D eigenvalue weighted by molar-refractivity contribution is 0.00223. The van der Waals surface area contributed by atoms with Crippen molar-refractivity contribution in [2.75, 3.05) is 33.9 Å². The lowest BCUT2D eigenvalue weighted by Gasteiger charge is -2.27. The molecule has 0 saturated heterocycles. The third-order valence-corrected chi connectivity index (χ3v) is 4.08. The van der Waals surface area contributed by atoms with Crippen molar-refractivity contribution >= 4 is 0 Å². The van der Waals surface area contributed by atoms with E-state index in [2.05, 4.69) is 18.7 Å². The van der Waals surface area contributed by atoms with E-state index in [1.165, 1.54) is 0 Å². The van der Waals surface area contributed by atoms with Crippen LogP contribution in [0.3, 0.4) is 0 Å². The molecule has 0 spiro atoms. The number of aliphatic hydroxyl groups excluding tert-OH is 1. The van der Waals surface area contributed by atoms with Crippen LogP contribution >= 0.6 is 0 Å². The minimum absolute atomic E-state index is 0.265. The van der Waals surface area contributed by atoms with E-state index in [9.17, 15) is 5.11 Å². The summed E-state index contributed by atoms with van der Waals surface area (Å²) in [6.45, 7) is 7.09. The Kier molecular flexibility index (Phi) is 8.64. The highest BCUT2D eigenvalue weighted by Gasteiger charge is 2.15. The number of ether oxygens (including phenoxy) is 3. The van der Waals surface area contributed by atoms with Gasteiger partial charge in [-0.25, -0.2) is 0 Å². The zero-order valence-corrected chi connectivity index (χ0v) is 16.7. The first-order valence-electron chi connectivity index (χ1n) is 9.23. The van der Waals surface area contributed by atoms with Gasteiger partial charge in [-0.3, -0.25) is 4.90 Å². The second-order valence-electron chi connectivity index (χ2n) is 7.03. The molecular weight excluding hydrogens is 346 g/mol. The summed E-state index contributed by atoms with van der Waals surface area (Å²) >= 11 is 0. The van der Waals surface area contributed by atoms with Gasteiger partial charge in [-0.15, -0.1) is 0 Å². The van der Waals surface area contributed by atoms with Gasteiger partial charge in [-0.05, 0) is 35.7 Å². The molecule has 0 unspecified atom stereocenters. The van der Waals surface area contributed by atoms with Gasteiger partial charge in [0, 0.05) is 19.6 Å². The summed E-state index contributed by atoms with van der Waals surface area (Å²) in [5, 5.41) is 10.4. The van der Waals surface area contributed by atoms with E-state index < -0.39 is 6.10 Å². The maximum atomic E-state index is 10.4. The van der Waals surface area contributed by atoms with E-state index in [4.69, 9.17) is 18.6 Å². The van der Waals surface area contributed by atoms with Crippen molar-refractivity contribution in [2.45, 2.75) is 33.1 Å². The molecular formula is C21H31NO5. The summed E-state index contributed by atoms with van der Waals surface area (Å²) in [4.78, 5) is 2.23. The smallest absolute Gasteiger partial charge is 0.161 e. The first-order chi connectivity index (χ1) is 13.0. The molecule has 0 amide bonds. The normalized spacial score (nSPS) is 12.6. The SMILES string of the molecule is COc1ccc(CN(CC(C)C)C[C@H](O)COCc2ccco2)cc1OC. The van der Waals surface area contributed by atoms with Crippen molar-refractivity contribution in [3.63, 3.8) is 0 Å². The number of benzene rings is 1. The summed E-state index contributed by atoms with van der Waals surface area (Å²) in [7, 11) is 3.26. The maximum Gasteiger partial charge on any atom is 0.161 e. The molecule has 6 heteroatoms. The van der Waals surface area contributed by atoms with Crippen molar-refractivity contribution in [1.82, 2.24) is 4.90 Å². The molecule has 1 heterocycles. The Labute approximate surface area is 161 Å². The van der Waals surface area contributed by atoms with Gasteiger partial charge in [0.1, 0.15) is 12.4 Å². The van der Waals surface area contributed by atoms with Crippen molar-refractivity contribution in [3.05, 3.63) is 47.9 Å². The molecule has 0 radical (unpaired) electrons. The Bertz CT molecular complexity index is 657. The second-order valence-corrected chi connectivity index (χ2v) is 7.03. The Morgan fingerprint density at radius 3 is 2.48 bits per heavy atom. The largest absolute Gasteiger partial charge is 0.493 e. The third-order valence-electron chi connectivity index (χ3n) is 4.08. The number of furan rings is 1. The van der Waals surface area contributed by atoms with Gasteiger partial charge in [0.2, 0.25) is 0 Å². The third kappa shape index (κ3) is 7.25. The molecule has 0 saturated carbocycles. The lowest BCUT2D eigenvalue weighted by Crippen LogP contribution is -2.36. The van der Waals surface area contributed by atoms with Gasteiger partial charge < -0.3 is 23.7 Å². The van der Waals surface area contributed by atoms with E-state index in [1.807, 2.05) is 30.3 Å². The Hall–Kier alpha value is -2.02. The van der Waals surface area contributed by atoms with Gasteiger partial charge >= 0.3 is 0 Å². The average Bonchev–Trinajstić information content (AvgIpc) is 3.14. The zero-order chi connectivity index (χ0) is 19.6. The van der Waals surface area contributed by atoms with Gasteiger partial charge in [0.15, 0.2) is 11.5 Å². The molecule has 1 atom stereocenters. The van der Waals surface area contributed by atoms with Crippen molar-refractivity contribution < 1.29 is 23.7 Å². The van der Waals surface area contributed by atoms with Gasteiger partial charge in [0.05, 0.1) is 33.2 Å². The standard InChI is InChI=1S/C21H31NO5/c1-16(2)11-22(12-17-7-8-20(24-3)21(10-17)25-4)13-18(23)14-26-15-19-6-5-9-27-19/h5-10,16,18,23H,11-15H2,1-4H3/t18-/m0/s1. The van der Waals surface area contributed by atoms with Crippen LogP contribution in [0.2, 0.25) is 0 Å². The van der Waals surface area contributed by atoms with Crippen LogP contribution in [-0.2, 0) is 17.9 Å². The average molecular weight is 377 g/mol. The first-order valence-corrected chi connectivity index (χ1v) is 9.23. The van der Waals surface area contributed by atoms with Gasteiger partial charge in [-0.2, -0.15) is 0 Å². The van der Waals surface area contributed by atoms with E-state index in [0.29, 0.717) is 37.1 Å². The molecule has 27 heavy (non-hydrogen) atoms. The zero-order valence-electron chi connectivity index (χ0n) is 16.7. The van der Waals surface area contributed by atoms with Crippen molar-refractivity contribution in [2.24, 2.45) is 5.92 Å². The molecule has 1 N–H and O–H groups in total. The Morgan fingerprint density at radius 2 is 1.85 bits per heavy atom. The second kappa shape index (κ2) is 11.0. The van der Waals surface area contributed by atoms with Crippen molar-refractivity contribution in [3.8, 4) is 11.5 Å². The van der Waals surface area contributed by atoms with Crippen LogP contribution in [0, 0.1) is 5.92 Å². The van der Waals surface area contributed by atoms with Crippen LogP contribution in [0.1, 0.15) is 25.2 Å². The van der Waals surface area contributed by atoms with E-state index in [-0.39, 0.29) is 6.61 Å². The summed E-state index contributed by atoms with van der Waals surface area (Å²) < 4.78 is 21.5. The molecule has 0 aliphatic carbocycles. The fourth-order valence-corrected chi connectivity index (χ4v) is 3.00. The number of hydrogen-bond acceptors (Lipinski definition) is 6. The molecule has 0 aliphatic heterocycles. The Balaban J connectivity index is 1.91. The highest BCUT2D eigenvalue weighted by molar-refractivity contribution is 5.42. The summed E-state index contributed by atoms with van der Waals surface area (Å²) in [5.74, 6) is 2.66. The van der Waals surface area contributed by atoms with Crippen molar-refractivity contribution in [1.29, 1.82) is 0 Å². The van der Waals surface area contributed by atoms with E-state index in [0.717, 1.165) is 17.9 Å². The quantitative estimate of drug-likeness (QED) is 0.612. The lowest BCUT2D eigenvalue weighted by atomic mass is 10.1. The molecule has 6 nitrogen and oxygen atoms in total. The van der Waals surface area contributed by atoms with Crippen LogP contribution in [0.25, 0.3) is 0 Å². The number of rotatable bonds is 12. The Morgan fingerprint density at radius 1 is 1.07 bits per heavy atom. The fourth-order valence-electron chi connectivity index (χ4n) is 3.00. The molecule has 1 aromatic heterocycles. The number of nitrogens with zero attached hydrogens (tertiary/aromatic N) is 1. The highest BCUT2D eigenvalue weighted by atomic mass is 16.5. The first kappa shape index (κ1) is 21.3. The fraction of sp³-hybridized carbons (Fsp3) is 0.524. The summed E-state index contributed by atoms with van der Waals surface area (Å²) in [6, 6.07) is 9.59. The molecule has 150 valence electrons. The van der Waals surface area contributed by atoms with Crippen LogP contribution in [0.15, 0.2) is 41.0 Å². The molecule has 0 bridgehead atoms. The predicted octanol–water partition coefficient (Wildman–Crippen LogP) is 3.33. The molecule has 2 rings (SSSR count). The number of hydrogen-bond donors (Lipinski definition) is 1. The number of aliphatic hydroxyl groups is 1. The van der Waals surface area contributed by atoms with E-state index in [1.54, 1.807) is 20.5 Å². The monoisotopic (exact) mass is 377 g/mol. The highest BCUT2D eigenvalue weighted by Crippen LogP contribution is 2.28. The molecule has 0 aliphatic rings. The summed E-state index contributed by atoms with van der Waals surface area (Å²) in [5.41, 5.74) is 1.11. The van der Waals surface area contributed by atoms with Crippen LogP contribution < -0.4 is 9.47 Å². The van der Waals surface area contributed by atoms with E-state index >= 15 is 0 Å². The van der Waals surface area contributed by atoms with Crippen LogP contribution in [0.4, 0.5) is 0 Å². The number of methoxy groups -OCH3 is 2. The minimum atomic E-state index is -0.571. The maximum absolute atomic E-state index is 10.4. The van der Waals surface area contributed by atoms with Gasteiger partial charge in [0.25, 0.3) is 0 Å². The molecule has 1 aromatic carbocycles. The topological polar surface area (TPSA) is 64.3 Å². The molecule has 0 fully saturated rings. The van der Waals surface area contributed by atoms with Gasteiger partial charge in [-0.1, -0.05) is 19.9 Å². The summed E-state index contributed by atoms with van der Waals surface area (Å²) in [6.07, 6.45) is 1.04.